The molecule has 0 saturated heterocycles. The molecule has 0 aromatic carbocycles. The summed E-state index contributed by atoms with van der Waals surface area (Å²) < 4.78 is 0. The Bertz CT molecular complexity index is 261. The van der Waals surface area contributed by atoms with Gasteiger partial charge in [-0.3, -0.25) is 0 Å². The number of aromatic nitrogens is 1. The Balaban J connectivity index is 2.16. The van der Waals surface area contributed by atoms with Gasteiger partial charge >= 0.3 is 0 Å². The normalized spacial score (nSPS) is 29.9. The van der Waals surface area contributed by atoms with E-state index in [2.05, 4.69) is 4.98 Å². The standard InChI is InChI=1S/C7H10N2OS/c8-7-9-3-6(11-7)4-1-2-5(4)10/h3-5,10H,1-2H2,(H2,8,9). The van der Waals surface area contributed by atoms with Crippen molar-refractivity contribution in [1.82, 2.24) is 4.98 Å². The summed E-state index contributed by atoms with van der Waals surface area (Å²) in [6, 6.07) is 0. The van der Waals surface area contributed by atoms with Crippen LogP contribution in [0.1, 0.15) is 23.6 Å². The molecule has 11 heavy (non-hydrogen) atoms. The van der Waals surface area contributed by atoms with Crippen LogP contribution in [0, 0.1) is 0 Å². The van der Waals surface area contributed by atoms with Gasteiger partial charge in [-0.05, 0) is 12.8 Å². The van der Waals surface area contributed by atoms with Gasteiger partial charge in [-0.1, -0.05) is 0 Å². The zero-order chi connectivity index (χ0) is 7.84. The van der Waals surface area contributed by atoms with Crippen LogP contribution >= 0.6 is 11.3 Å². The van der Waals surface area contributed by atoms with Gasteiger partial charge in [0.15, 0.2) is 5.13 Å². The maximum absolute atomic E-state index is 9.31. The lowest BCUT2D eigenvalue weighted by molar-refractivity contribution is 0.0676. The predicted octanol–water partition coefficient (Wildman–Crippen LogP) is 0.964. The van der Waals surface area contributed by atoms with Crippen molar-refractivity contribution in [3.63, 3.8) is 0 Å². The summed E-state index contributed by atoms with van der Waals surface area (Å²) in [5.41, 5.74) is 5.47. The highest BCUT2D eigenvalue weighted by molar-refractivity contribution is 7.15. The third-order valence-corrected chi connectivity index (χ3v) is 3.10. The number of anilines is 1. The smallest absolute Gasteiger partial charge is 0.180 e. The van der Waals surface area contributed by atoms with Gasteiger partial charge in [0.05, 0.1) is 6.10 Å². The number of nitrogens with zero attached hydrogens (tertiary/aromatic N) is 1. The zero-order valence-corrected chi connectivity index (χ0v) is 6.84. The molecule has 1 fully saturated rings. The first-order chi connectivity index (χ1) is 5.27. The van der Waals surface area contributed by atoms with E-state index < -0.39 is 0 Å². The average molecular weight is 170 g/mol. The maximum Gasteiger partial charge on any atom is 0.180 e. The average Bonchev–Trinajstić information content (AvgIpc) is 2.33. The Kier molecular flexibility index (Phi) is 1.58. The van der Waals surface area contributed by atoms with E-state index in [-0.39, 0.29) is 6.10 Å². The fraction of sp³-hybridized carbons (Fsp3) is 0.571. The van der Waals surface area contributed by atoms with Gasteiger partial charge in [-0.25, -0.2) is 4.98 Å². The van der Waals surface area contributed by atoms with Crippen LogP contribution in [0.2, 0.25) is 0 Å². The third-order valence-electron chi connectivity index (χ3n) is 2.14. The van der Waals surface area contributed by atoms with Crippen LogP contribution in [-0.4, -0.2) is 16.2 Å². The molecular weight excluding hydrogens is 160 g/mol. The fourth-order valence-corrected chi connectivity index (χ4v) is 2.17. The molecule has 0 radical (unpaired) electrons. The van der Waals surface area contributed by atoms with Gasteiger partial charge in [-0.15, -0.1) is 11.3 Å². The molecule has 0 amide bonds. The fourth-order valence-electron chi connectivity index (χ4n) is 1.29. The number of nitrogen functional groups attached to an aromatic ring is 1. The molecule has 0 aliphatic heterocycles. The summed E-state index contributed by atoms with van der Waals surface area (Å²) in [5, 5.41) is 9.90. The number of aliphatic hydroxyl groups excluding tert-OH is 1. The molecule has 0 bridgehead atoms. The molecule has 60 valence electrons. The van der Waals surface area contributed by atoms with Crippen LogP contribution in [0.25, 0.3) is 0 Å². The van der Waals surface area contributed by atoms with Gasteiger partial charge < -0.3 is 10.8 Å². The quantitative estimate of drug-likeness (QED) is 0.660. The number of aliphatic hydroxyl groups is 1. The Hall–Kier alpha value is -0.610. The van der Waals surface area contributed by atoms with Gasteiger partial charge in [0, 0.05) is 17.0 Å². The van der Waals surface area contributed by atoms with E-state index in [0.717, 1.165) is 17.7 Å². The van der Waals surface area contributed by atoms with Crippen molar-refractivity contribution in [2.45, 2.75) is 24.9 Å². The maximum atomic E-state index is 9.31. The van der Waals surface area contributed by atoms with Crippen LogP contribution in [0.3, 0.4) is 0 Å². The molecule has 1 aromatic rings. The van der Waals surface area contributed by atoms with Crippen LogP contribution < -0.4 is 5.73 Å². The Labute approximate surface area is 68.9 Å². The van der Waals surface area contributed by atoms with Gasteiger partial charge in [0.2, 0.25) is 0 Å². The monoisotopic (exact) mass is 170 g/mol. The van der Waals surface area contributed by atoms with Crippen molar-refractivity contribution in [3.05, 3.63) is 11.1 Å². The first-order valence-corrected chi connectivity index (χ1v) is 4.48. The molecule has 1 saturated carbocycles. The lowest BCUT2D eigenvalue weighted by atomic mass is 9.81. The molecule has 1 aliphatic rings. The Morgan fingerprint density at radius 2 is 2.45 bits per heavy atom. The number of rotatable bonds is 1. The summed E-state index contributed by atoms with van der Waals surface area (Å²) in [4.78, 5) is 5.07. The SMILES string of the molecule is Nc1ncc(C2CCC2O)s1. The summed E-state index contributed by atoms with van der Waals surface area (Å²) in [6.45, 7) is 0. The van der Waals surface area contributed by atoms with Crippen LogP contribution in [0.15, 0.2) is 6.20 Å². The van der Waals surface area contributed by atoms with Crippen molar-refractivity contribution < 1.29 is 5.11 Å². The van der Waals surface area contributed by atoms with Crippen LogP contribution in [0.5, 0.6) is 0 Å². The molecule has 3 nitrogen and oxygen atoms in total. The number of thiazole rings is 1. The second kappa shape index (κ2) is 2.46. The molecule has 1 heterocycles. The predicted molar refractivity (Wildman–Crippen MR) is 44.5 cm³/mol. The number of nitrogens with two attached hydrogens (primary N) is 1. The first-order valence-electron chi connectivity index (χ1n) is 3.66. The van der Waals surface area contributed by atoms with E-state index in [9.17, 15) is 5.11 Å². The summed E-state index contributed by atoms with van der Waals surface area (Å²) in [7, 11) is 0. The molecular formula is C7H10N2OS. The Morgan fingerprint density at radius 3 is 2.82 bits per heavy atom. The lowest BCUT2D eigenvalue weighted by Gasteiger charge is -2.30. The highest BCUT2D eigenvalue weighted by Gasteiger charge is 2.31. The summed E-state index contributed by atoms with van der Waals surface area (Å²) >= 11 is 1.48. The van der Waals surface area contributed by atoms with E-state index in [1.54, 1.807) is 6.20 Å². The second-order valence-electron chi connectivity index (χ2n) is 2.85. The molecule has 0 spiro atoms. The number of hydrogen-bond donors (Lipinski definition) is 2. The van der Waals surface area contributed by atoms with Crippen LogP contribution in [0.4, 0.5) is 5.13 Å². The van der Waals surface area contributed by atoms with E-state index in [0.29, 0.717) is 11.0 Å². The molecule has 2 unspecified atom stereocenters. The van der Waals surface area contributed by atoms with E-state index >= 15 is 0 Å². The molecule has 3 N–H and O–H groups in total. The minimum atomic E-state index is -0.158. The van der Waals surface area contributed by atoms with E-state index in [1.807, 2.05) is 0 Å². The first kappa shape index (κ1) is 7.06. The molecule has 4 heteroatoms. The van der Waals surface area contributed by atoms with Crippen molar-refractivity contribution in [2.75, 3.05) is 5.73 Å². The molecule has 1 aliphatic carbocycles. The lowest BCUT2D eigenvalue weighted by Crippen LogP contribution is -2.28. The molecule has 2 atom stereocenters. The van der Waals surface area contributed by atoms with Crippen molar-refractivity contribution >= 4 is 16.5 Å². The molecule has 2 rings (SSSR count). The zero-order valence-electron chi connectivity index (χ0n) is 6.03. The van der Waals surface area contributed by atoms with Crippen molar-refractivity contribution in [1.29, 1.82) is 0 Å². The van der Waals surface area contributed by atoms with E-state index in [4.69, 9.17) is 5.73 Å². The van der Waals surface area contributed by atoms with Crippen molar-refractivity contribution in [3.8, 4) is 0 Å². The minimum absolute atomic E-state index is 0.158. The topological polar surface area (TPSA) is 59.1 Å². The summed E-state index contributed by atoms with van der Waals surface area (Å²) in [6.07, 6.45) is 3.60. The highest BCUT2D eigenvalue weighted by atomic mass is 32.1. The largest absolute Gasteiger partial charge is 0.392 e. The van der Waals surface area contributed by atoms with Gasteiger partial charge in [0.1, 0.15) is 0 Å². The van der Waals surface area contributed by atoms with Crippen LogP contribution in [-0.2, 0) is 0 Å². The van der Waals surface area contributed by atoms with Crippen molar-refractivity contribution in [2.24, 2.45) is 0 Å². The second-order valence-corrected chi connectivity index (χ2v) is 3.95. The minimum Gasteiger partial charge on any atom is -0.392 e. The highest BCUT2D eigenvalue weighted by Crippen LogP contribution is 2.39. The summed E-state index contributed by atoms with van der Waals surface area (Å²) in [5.74, 6) is 0.310. The number of hydrogen-bond acceptors (Lipinski definition) is 4. The third kappa shape index (κ3) is 1.12. The molecule has 1 aromatic heterocycles. The van der Waals surface area contributed by atoms with E-state index in [1.165, 1.54) is 11.3 Å². The Morgan fingerprint density at radius 1 is 1.64 bits per heavy atom. The van der Waals surface area contributed by atoms with Gasteiger partial charge in [0.25, 0.3) is 0 Å². The van der Waals surface area contributed by atoms with Gasteiger partial charge in [-0.2, -0.15) is 0 Å².